The fourth-order valence-electron chi connectivity index (χ4n) is 2.56. The Bertz CT molecular complexity index is 871. The van der Waals surface area contributed by atoms with E-state index in [0.717, 1.165) is 46.3 Å². The van der Waals surface area contributed by atoms with Crippen LogP contribution in [0.15, 0.2) is 39.9 Å². The first-order chi connectivity index (χ1) is 13.1. The maximum atomic E-state index is 12.2. The van der Waals surface area contributed by atoms with E-state index in [2.05, 4.69) is 26.0 Å². The van der Waals surface area contributed by atoms with E-state index >= 15 is 0 Å². The number of hydrogen-bond donors (Lipinski definition) is 1. The number of thiazole rings is 2. The molecule has 0 radical (unpaired) electrons. The van der Waals surface area contributed by atoms with Crippen LogP contribution in [0.1, 0.15) is 44.6 Å². The van der Waals surface area contributed by atoms with Gasteiger partial charge in [-0.2, -0.15) is 0 Å². The molecule has 0 aliphatic carbocycles. The van der Waals surface area contributed by atoms with Crippen LogP contribution < -0.4 is 5.32 Å². The number of aromatic nitrogens is 2. The standard InChI is InChI=1S/C20H23N3OS3/c1-14-11-27-19(22-14)5-3-4-10-21-20(24)16-6-8-18(9-7-16)26-13-17-12-25-15(2)23-17/h6-9,11-12H,3-5,10,13H2,1-2H3,(H,21,24). The van der Waals surface area contributed by atoms with Crippen LogP contribution in [-0.4, -0.2) is 22.4 Å². The van der Waals surface area contributed by atoms with Crippen molar-refractivity contribution < 1.29 is 4.79 Å². The van der Waals surface area contributed by atoms with Crippen molar-refractivity contribution in [1.29, 1.82) is 0 Å². The zero-order valence-electron chi connectivity index (χ0n) is 15.5. The van der Waals surface area contributed by atoms with E-state index in [1.165, 1.54) is 5.01 Å². The summed E-state index contributed by atoms with van der Waals surface area (Å²) < 4.78 is 0. The van der Waals surface area contributed by atoms with Gasteiger partial charge in [0.05, 0.1) is 15.7 Å². The van der Waals surface area contributed by atoms with Gasteiger partial charge in [0.2, 0.25) is 0 Å². The number of rotatable bonds is 9. The third-order valence-electron chi connectivity index (χ3n) is 3.94. The predicted octanol–water partition coefficient (Wildman–Crippen LogP) is 5.26. The monoisotopic (exact) mass is 417 g/mol. The first-order valence-electron chi connectivity index (χ1n) is 8.93. The second kappa shape index (κ2) is 10.0. The van der Waals surface area contributed by atoms with Gasteiger partial charge < -0.3 is 5.32 Å². The third-order valence-corrected chi connectivity index (χ3v) is 6.83. The van der Waals surface area contributed by atoms with Gasteiger partial charge in [0.25, 0.3) is 5.91 Å². The highest BCUT2D eigenvalue weighted by Crippen LogP contribution is 2.23. The summed E-state index contributed by atoms with van der Waals surface area (Å²) in [6, 6.07) is 7.79. The Morgan fingerprint density at radius 1 is 1.07 bits per heavy atom. The van der Waals surface area contributed by atoms with Crippen molar-refractivity contribution in [3.63, 3.8) is 0 Å². The lowest BCUT2D eigenvalue weighted by atomic mass is 10.2. The van der Waals surface area contributed by atoms with Crippen LogP contribution in [0.3, 0.4) is 0 Å². The highest BCUT2D eigenvalue weighted by molar-refractivity contribution is 7.98. The van der Waals surface area contributed by atoms with E-state index in [4.69, 9.17) is 0 Å². The molecule has 3 aromatic rings. The number of carbonyl (C=O) groups excluding carboxylic acids is 1. The molecule has 4 nitrogen and oxygen atoms in total. The summed E-state index contributed by atoms with van der Waals surface area (Å²) in [6.07, 6.45) is 2.99. The van der Waals surface area contributed by atoms with Crippen LogP contribution in [0.5, 0.6) is 0 Å². The van der Waals surface area contributed by atoms with Crippen molar-refractivity contribution in [3.8, 4) is 0 Å². The molecule has 1 N–H and O–H groups in total. The Kier molecular flexibility index (Phi) is 7.43. The Morgan fingerprint density at radius 2 is 1.89 bits per heavy atom. The molecular weight excluding hydrogens is 394 g/mol. The molecule has 27 heavy (non-hydrogen) atoms. The van der Waals surface area contributed by atoms with Gasteiger partial charge in [0.1, 0.15) is 0 Å². The molecular formula is C20H23N3OS3. The minimum absolute atomic E-state index is 0.00762. The molecule has 1 aromatic carbocycles. The quantitative estimate of drug-likeness (QED) is 0.381. The van der Waals surface area contributed by atoms with E-state index in [1.54, 1.807) is 34.4 Å². The number of carbonyl (C=O) groups is 1. The molecule has 0 saturated heterocycles. The highest BCUT2D eigenvalue weighted by atomic mass is 32.2. The van der Waals surface area contributed by atoms with Crippen LogP contribution in [0, 0.1) is 13.8 Å². The van der Waals surface area contributed by atoms with E-state index < -0.39 is 0 Å². The topological polar surface area (TPSA) is 54.9 Å². The number of amides is 1. The van der Waals surface area contributed by atoms with Crippen molar-refractivity contribution in [2.75, 3.05) is 6.54 Å². The zero-order valence-corrected chi connectivity index (χ0v) is 18.0. The minimum atomic E-state index is -0.00762. The molecule has 0 unspecified atom stereocenters. The fraction of sp³-hybridized carbons (Fsp3) is 0.350. The fourth-order valence-corrected chi connectivity index (χ4v) is 4.88. The molecule has 0 bridgehead atoms. The van der Waals surface area contributed by atoms with E-state index in [1.807, 2.05) is 38.1 Å². The summed E-state index contributed by atoms with van der Waals surface area (Å²) in [4.78, 5) is 22.3. The number of hydrogen-bond acceptors (Lipinski definition) is 6. The first kappa shape index (κ1) is 20.0. The molecule has 142 valence electrons. The maximum absolute atomic E-state index is 12.2. The summed E-state index contributed by atoms with van der Waals surface area (Å²) >= 11 is 5.13. The molecule has 2 heterocycles. The summed E-state index contributed by atoms with van der Waals surface area (Å²) in [7, 11) is 0. The van der Waals surface area contributed by atoms with E-state index in [-0.39, 0.29) is 5.91 Å². The molecule has 0 aliphatic heterocycles. The molecule has 2 aromatic heterocycles. The number of benzene rings is 1. The molecule has 0 fully saturated rings. The Balaban J connectivity index is 1.36. The normalized spacial score (nSPS) is 10.9. The van der Waals surface area contributed by atoms with Crippen LogP contribution in [0.2, 0.25) is 0 Å². The van der Waals surface area contributed by atoms with Crippen molar-refractivity contribution in [2.45, 2.75) is 43.8 Å². The average Bonchev–Trinajstić information content (AvgIpc) is 3.28. The van der Waals surface area contributed by atoms with Crippen LogP contribution >= 0.6 is 34.4 Å². The van der Waals surface area contributed by atoms with Crippen molar-refractivity contribution in [1.82, 2.24) is 15.3 Å². The van der Waals surface area contributed by atoms with Crippen LogP contribution in [-0.2, 0) is 12.2 Å². The highest BCUT2D eigenvalue weighted by Gasteiger charge is 2.06. The Hall–Kier alpha value is -1.70. The molecule has 1 amide bonds. The van der Waals surface area contributed by atoms with Crippen molar-refractivity contribution in [3.05, 3.63) is 62.0 Å². The molecule has 0 aliphatic rings. The number of aryl methyl sites for hydroxylation is 3. The molecule has 3 rings (SSSR count). The molecule has 7 heteroatoms. The summed E-state index contributed by atoms with van der Waals surface area (Å²) in [6.45, 7) is 4.74. The minimum Gasteiger partial charge on any atom is -0.352 e. The SMILES string of the molecule is Cc1csc(CCCCNC(=O)c2ccc(SCc3csc(C)n3)cc2)n1. The Labute approximate surface area is 172 Å². The van der Waals surface area contributed by atoms with E-state index in [0.29, 0.717) is 12.1 Å². The second-order valence-corrected chi connectivity index (χ2v) is 9.32. The lowest BCUT2D eigenvalue weighted by molar-refractivity contribution is 0.0953. The first-order valence-corrected chi connectivity index (χ1v) is 11.7. The largest absolute Gasteiger partial charge is 0.352 e. The van der Waals surface area contributed by atoms with Gasteiger partial charge >= 0.3 is 0 Å². The molecule has 0 atom stereocenters. The van der Waals surface area contributed by atoms with Gasteiger partial charge in [0.15, 0.2) is 0 Å². The van der Waals surface area contributed by atoms with Crippen molar-refractivity contribution in [2.24, 2.45) is 0 Å². The van der Waals surface area contributed by atoms with E-state index in [9.17, 15) is 4.79 Å². The van der Waals surface area contributed by atoms with Gasteiger partial charge in [-0.15, -0.1) is 34.4 Å². The molecule has 0 spiro atoms. The number of thioether (sulfide) groups is 1. The second-order valence-electron chi connectivity index (χ2n) is 6.27. The van der Waals surface area contributed by atoms with Gasteiger partial charge in [0, 0.05) is 39.2 Å². The average molecular weight is 418 g/mol. The Morgan fingerprint density at radius 3 is 2.56 bits per heavy atom. The summed E-state index contributed by atoms with van der Waals surface area (Å²) in [5.41, 5.74) is 2.91. The lowest BCUT2D eigenvalue weighted by Crippen LogP contribution is -2.24. The number of unbranched alkanes of at least 4 members (excludes halogenated alkanes) is 1. The predicted molar refractivity (Wildman–Crippen MR) is 115 cm³/mol. The van der Waals surface area contributed by atoms with Gasteiger partial charge in [-0.3, -0.25) is 4.79 Å². The lowest BCUT2D eigenvalue weighted by Gasteiger charge is -2.06. The third kappa shape index (κ3) is 6.45. The van der Waals surface area contributed by atoms with Gasteiger partial charge in [-0.1, -0.05) is 0 Å². The summed E-state index contributed by atoms with van der Waals surface area (Å²) in [5, 5.41) is 9.45. The van der Waals surface area contributed by atoms with Gasteiger partial charge in [-0.05, 0) is 57.4 Å². The number of nitrogens with zero attached hydrogens (tertiary/aromatic N) is 2. The van der Waals surface area contributed by atoms with Crippen LogP contribution in [0.4, 0.5) is 0 Å². The van der Waals surface area contributed by atoms with Crippen molar-refractivity contribution >= 4 is 40.3 Å². The summed E-state index contributed by atoms with van der Waals surface area (Å²) in [5.74, 6) is 0.848. The zero-order chi connectivity index (χ0) is 19.1. The van der Waals surface area contributed by atoms with Gasteiger partial charge in [-0.25, -0.2) is 9.97 Å². The van der Waals surface area contributed by atoms with Crippen LogP contribution in [0.25, 0.3) is 0 Å². The molecule has 0 saturated carbocycles. The number of nitrogens with one attached hydrogen (secondary N) is 1. The smallest absolute Gasteiger partial charge is 0.251 e. The maximum Gasteiger partial charge on any atom is 0.251 e.